The molecule has 1 aromatic rings. The van der Waals surface area contributed by atoms with Crippen LogP contribution in [-0.2, 0) is 16.1 Å². The van der Waals surface area contributed by atoms with E-state index in [0.29, 0.717) is 19.1 Å². The van der Waals surface area contributed by atoms with E-state index >= 15 is 0 Å². The number of aryl methyl sites for hydroxylation is 3. The highest BCUT2D eigenvalue weighted by atomic mass is 127. The standard InChI is InChI=1S/C16H30N6O2.HI/c1-13-11-14(2)22(20-13)9-6-7-17-16(18-8-10-24-5)19-12-15(23)21(3)4;/h11H,6-10,12H2,1-5H3,(H2,17,18,19);1H. The van der Waals surface area contributed by atoms with Crippen LogP contribution >= 0.6 is 24.0 Å². The van der Waals surface area contributed by atoms with Crippen LogP contribution in [0.1, 0.15) is 17.8 Å². The normalized spacial score (nSPS) is 11.0. The van der Waals surface area contributed by atoms with Crippen molar-refractivity contribution in [2.75, 3.05) is 47.4 Å². The number of guanidine groups is 1. The second kappa shape index (κ2) is 12.9. The summed E-state index contributed by atoms with van der Waals surface area (Å²) in [6.07, 6.45) is 0.911. The highest BCUT2D eigenvalue weighted by Crippen LogP contribution is 2.02. The number of amides is 1. The van der Waals surface area contributed by atoms with E-state index in [1.54, 1.807) is 21.2 Å². The summed E-state index contributed by atoms with van der Waals surface area (Å²) in [5.74, 6) is 0.584. The third kappa shape index (κ3) is 9.63. The number of ether oxygens (including phenoxy) is 1. The van der Waals surface area contributed by atoms with E-state index in [2.05, 4.69) is 33.7 Å². The molecule has 0 saturated carbocycles. The zero-order valence-electron chi connectivity index (χ0n) is 15.8. The Morgan fingerprint density at radius 3 is 2.56 bits per heavy atom. The Kier molecular flexibility index (Phi) is 12.2. The zero-order chi connectivity index (χ0) is 17.9. The van der Waals surface area contributed by atoms with Gasteiger partial charge in [-0.1, -0.05) is 0 Å². The summed E-state index contributed by atoms with van der Waals surface area (Å²) in [6, 6.07) is 2.07. The minimum absolute atomic E-state index is 0. The Hall–Kier alpha value is -1.36. The number of aromatic nitrogens is 2. The molecule has 1 heterocycles. The third-order valence-electron chi connectivity index (χ3n) is 3.41. The average molecular weight is 466 g/mol. The van der Waals surface area contributed by atoms with Gasteiger partial charge in [0.05, 0.1) is 12.3 Å². The van der Waals surface area contributed by atoms with Crippen molar-refractivity contribution in [2.24, 2.45) is 4.99 Å². The molecule has 2 N–H and O–H groups in total. The van der Waals surface area contributed by atoms with Crippen LogP contribution in [0.25, 0.3) is 0 Å². The van der Waals surface area contributed by atoms with E-state index in [0.717, 1.165) is 30.9 Å². The number of nitrogens with zero attached hydrogens (tertiary/aromatic N) is 4. The van der Waals surface area contributed by atoms with E-state index in [1.807, 2.05) is 11.6 Å². The Labute approximate surface area is 167 Å². The van der Waals surface area contributed by atoms with Crippen molar-refractivity contribution < 1.29 is 9.53 Å². The van der Waals surface area contributed by atoms with Crippen molar-refractivity contribution in [1.29, 1.82) is 0 Å². The van der Waals surface area contributed by atoms with Gasteiger partial charge in [0.15, 0.2) is 5.96 Å². The lowest BCUT2D eigenvalue weighted by Crippen LogP contribution is -2.40. The molecule has 8 nitrogen and oxygen atoms in total. The van der Waals surface area contributed by atoms with Crippen molar-refractivity contribution in [3.05, 3.63) is 17.5 Å². The fourth-order valence-electron chi connectivity index (χ4n) is 2.07. The summed E-state index contributed by atoms with van der Waals surface area (Å²) >= 11 is 0. The lowest BCUT2D eigenvalue weighted by Gasteiger charge is -2.13. The minimum atomic E-state index is -0.0366. The SMILES string of the molecule is COCCNC(=NCC(=O)N(C)C)NCCCn1nc(C)cc1C.I. The van der Waals surface area contributed by atoms with Gasteiger partial charge in [0.1, 0.15) is 6.54 Å². The number of methoxy groups -OCH3 is 1. The number of halogens is 1. The second-order valence-electron chi connectivity index (χ2n) is 5.80. The highest BCUT2D eigenvalue weighted by molar-refractivity contribution is 14.0. The molecule has 0 fully saturated rings. The molecule has 0 radical (unpaired) electrons. The highest BCUT2D eigenvalue weighted by Gasteiger charge is 2.05. The van der Waals surface area contributed by atoms with Crippen LogP contribution in [0.2, 0.25) is 0 Å². The first-order valence-electron chi connectivity index (χ1n) is 8.16. The van der Waals surface area contributed by atoms with Gasteiger partial charge in [0.2, 0.25) is 5.91 Å². The number of aliphatic imine (C=N–C) groups is 1. The summed E-state index contributed by atoms with van der Waals surface area (Å²) in [5.41, 5.74) is 2.20. The minimum Gasteiger partial charge on any atom is -0.383 e. The maximum Gasteiger partial charge on any atom is 0.243 e. The molecule has 1 rings (SSSR count). The molecule has 1 amide bonds. The zero-order valence-corrected chi connectivity index (χ0v) is 18.2. The van der Waals surface area contributed by atoms with E-state index in [-0.39, 0.29) is 36.4 Å². The summed E-state index contributed by atoms with van der Waals surface area (Å²) < 4.78 is 7.02. The number of nitrogens with one attached hydrogen (secondary N) is 2. The molecule has 144 valence electrons. The van der Waals surface area contributed by atoms with Crippen molar-refractivity contribution in [1.82, 2.24) is 25.3 Å². The molecule has 0 saturated heterocycles. The van der Waals surface area contributed by atoms with Crippen LogP contribution in [0.3, 0.4) is 0 Å². The van der Waals surface area contributed by atoms with Gasteiger partial charge in [0.25, 0.3) is 0 Å². The molecule has 0 unspecified atom stereocenters. The molecular weight excluding hydrogens is 435 g/mol. The average Bonchev–Trinajstić information content (AvgIpc) is 2.85. The number of carbonyl (C=O) groups excluding carboxylic acids is 1. The Bertz CT molecular complexity index is 545. The molecule has 0 spiro atoms. The summed E-state index contributed by atoms with van der Waals surface area (Å²) in [6.45, 7) is 6.96. The molecule has 0 aliphatic rings. The van der Waals surface area contributed by atoms with Crippen LogP contribution < -0.4 is 10.6 Å². The lowest BCUT2D eigenvalue weighted by molar-refractivity contribution is -0.127. The monoisotopic (exact) mass is 466 g/mol. The molecule has 1 aromatic heterocycles. The Morgan fingerprint density at radius 1 is 1.32 bits per heavy atom. The smallest absolute Gasteiger partial charge is 0.243 e. The molecule has 0 aromatic carbocycles. The lowest BCUT2D eigenvalue weighted by atomic mass is 10.4. The Morgan fingerprint density at radius 2 is 2.00 bits per heavy atom. The summed E-state index contributed by atoms with van der Waals surface area (Å²) in [5, 5.41) is 10.8. The maximum atomic E-state index is 11.7. The van der Waals surface area contributed by atoms with E-state index in [4.69, 9.17) is 4.74 Å². The number of hydrogen-bond acceptors (Lipinski definition) is 4. The molecular formula is C16H31IN6O2. The van der Waals surface area contributed by atoms with Crippen molar-refractivity contribution >= 4 is 35.8 Å². The van der Waals surface area contributed by atoms with Crippen LogP contribution in [0.4, 0.5) is 0 Å². The first-order valence-corrected chi connectivity index (χ1v) is 8.16. The van der Waals surface area contributed by atoms with Crippen molar-refractivity contribution in [3.63, 3.8) is 0 Å². The van der Waals surface area contributed by atoms with Crippen LogP contribution in [0.5, 0.6) is 0 Å². The Balaban J connectivity index is 0.00000576. The van der Waals surface area contributed by atoms with Crippen LogP contribution in [0, 0.1) is 13.8 Å². The largest absolute Gasteiger partial charge is 0.383 e. The number of rotatable bonds is 9. The van der Waals surface area contributed by atoms with Crippen molar-refractivity contribution in [3.8, 4) is 0 Å². The van der Waals surface area contributed by atoms with E-state index in [1.165, 1.54) is 4.90 Å². The summed E-state index contributed by atoms with van der Waals surface area (Å²) in [4.78, 5) is 17.5. The molecule has 25 heavy (non-hydrogen) atoms. The van der Waals surface area contributed by atoms with E-state index in [9.17, 15) is 4.79 Å². The number of likely N-dealkylation sites (N-methyl/N-ethyl adjacent to an activating group) is 1. The van der Waals surface area contributed by atoms with Gasteiger partial charge < -0.3 is 20.3 Å². The van der Waals surface area contributed by atoms with Gasteiger partial charge in [-0.05, 0) is 26.3 Å². The maximum absolute atomic E-state index is 11.7. The number of carbonyl (C=O) groups is 1. The van der Waals surface area contributed by atoms with Gasteiger partial charge in [-0.2, -0.15) is 5.10 Å². The van der Waals surface area contributed by atoms with Gasteiger partial charge in [0, 0.05) is 46.5 Å². The molecule has 0 atom stereocenters. The predicted octanol–water partition coefficient (Wildman–Crippen LogP) is 0.778. The topological polar surface area (TPSA) is 83.8 Å². The van der Waals surface area contributed by atoms with Gasteiger partial charge in [-0.15, -0.1) is 24.0 Å². The van der Waals surface area contributed by atoms with Gasteiger partial charge in [-0.25, -0.2) is 4.99 Å². The molecule has 0 aliphatic carbocycles. The van der Waals surface area contributed by atoms with Gasteiger partial charge in [-0.3, -0.25) is 9.48 Å². The molecule has 0 aliphatic heterocycles. The number of hydrogen-bond donors (Lipinski definition) is 2. The molecule has 9 heteroatoms. The first-order chi connectivity index (χ1) is 11.4. The quantitative estimate of drug-likeness (QED) is 0.243. The second-order valence-corrected chi connectivity index (χ2v) is 5.80. The fraction of sp³-hybridized carbons (Fsp3) is 0.688. The predicted molar refractivity (Wildman–Crippen MR) is 111 cm³/mol. The van der Waals surface area contributed by atoms with E-state index < -0.39 is 0 Å². The molecule has 0 bridgehead atoms. The van der Waals surface area contributed by atoms with Crippen LogP contribution in [0.15, 0.2) is 11.1 Å². The summed E-state index contributed by atoms with van der Waals surface area (Å²) in [7, 11) is 5.09. The fourth-order valence-corrected chi connectivity index (χ4v) is 2.07. The van der Waals surface area contributed by atoms with Crippen molar-refractivity contribution in [2.45, 2.75) is 26.8 Å². The van der Waals surface area contributed by atoms with Gasteiger partial charge >= 0.3 is 0 Å². The third-order valence-corrected chi connectivity index (χ3v) is 3.41. The van der Waals surface area contributed by atoms with Crippen LogP contribution in [-0.4, -0.2) is 74.0 Å². The first kappa shape index (κ1) is 23.6.